The molecule has 0 amide bonds. The number of hydrogen-bond donors (Lipinski definition) is 1. The molecule has 0 aromatic rings. The van der Waals surface area contributed by atoms with Gasteiger partial charge in [-0.15, -0.1) is 0 Å². The van der Waals surface area contributed by atoms with Crippen molar-refractivity contribution in [2.24, 2.45) is 11.7 Å². The zero-order valence-corrected chi connectivity index (χ0v) is 8.18. The first-order chi connectivity index (χ1) is 5.70. The standard InChI is InChI=1S/C11H21N/c1-9-6-4-3-5-7-11(12)8-10(9)2/h9,11H,2-8,12H2,1H3. The van der Waals surface area contributed by atoms with E-state index >= 15 is 0 Å². The van der Waals surface area contributed by atoms with Crippen LogP contribution in [0.2, 0.25) is 0 Å². The Morgan fingerprint density at radius 1 is 1.25 bits per heavy atom. The maximum absolute atomic E-state index is 5.97. The highest BCUT2D eigenvalue weighted by molar-refractivity contribution is 5.01. The van der Waals surface area contributed by atoms with Gasteiger partial charge < -0.3 is 5.73 Å². The predicted molar refractivity (Wildman–Crippen MR) is 54.0 cm³/mol. The van der Waals surface area contributed by atoms with Crippen molar-refractivity contribution < 1.29 is 0 Å². The molecule has 0 saturated heterocycles. The second-order valence-corrected chi connectivity index (χ2v) is 4.16. The lowest BCUT2D eigenvalue weighted by molar-refractivity contribution is 0.555. The van der Waals surface area contributed by atoms with Crippen LogP contribution in [0, 0.1) is 5.92 Å². The van der Waals surface area contributed by atoms with Gasteiger partial charge in [-0.3, -0.25) is 0 Å². The molecule has 0 aromatic heterocycles. The van der Waals surface area contributed by atoms with Crippen molar-refractivity contribution in [3.63, 3.8) is 0 Å². The molecule has 1 aliphatic rings. The molecule has 1 saturated carbocycles. The van der Waals surface area contributed by atoms with Crippen molar-refractivity contribution in [2.45, 2.75) is 51.5 Å². The molecule has 1 aliphatic carbocycles. The summed E-state index contributed by atoms with van der Waals surface area (Å²) in [6, 6.07) is 0.373. The Morgan fingerprint density at radius 2 is 1.92 bits per heavy atom. The van der Waals surface area contributed by atoms with Gasteiger partial charge in [0, 0.05) is 6.04 Å². The Bertz CT molecular complexity index is 151. The second kappa shape index (κ2) is 4.66. The van der Waals surface area contributed by atoms with Crippen LogP contribution in [0.3, 0.4) is 0 Å². The first-order valence-electron chi connectivity index (χ1n) is 5.13. The van der Waals surface area contributed by atoms with E-state index in [1.807, 2.05) is 0 Å². The summed E-state index contributed by atoms with van der Waals surface area (Å²) in [6.07, 6.45) is 7.55. The lowest BCUT2D eigenvalue weighted by Crippen LogP contribution is -2.20. The third kappa shape index (κ3) is 2.98. The van der Waals surface area contributed by atoms with Crippen LogP contribution in [0.15, 0.2) is 12.2 Å². The van der Waals surface area contributed by atoms with Crippen molar-refractivity contribution in [3.8, 4) is 0 Å². The molecule has 70 valence electrons. The van der Waals surface area contributed by atoms with Crippen LogP contribution in [-0.2, 0) is 0 Å². The highest BCUT2D eigenvalue weighted by atomic mass is 14.6. The Morgan fingerprint density at radius 3 is 2.67 bits per heavy atom. The summed E-state index contributed by atoms with van der Waals surface area (Å²) < 4.78 is 0. The zero-order chi connectivity index (χ0) is 8.97. The average molecular weight is 167 g/mol. The molecule has 0 heterocycles. The van der Waals surface area contributed by atoms with Crippen molar-refractivity contribution in [3.05, 3.63) is 12.2 Å². The van der Waals surface area contributed by atoms with Gasteiger partial charge in [-0.1, -0.05) is 38.3 Å². The largest absolute Gasteiger partial charge is 0.327 e. The molecule has 0 bridgehead atoms. The van der Waals surface area contributed by atoms with Crippen LogP contribution in [0.25, 0.3) is 0 Å². The molecular weight excluding hydrogens is 146 g/mol. The fourth-order valence-corrected chi connectivity index (χ4v) is 1.88. The molecule has 0 spiro atoms. The second-order valence-electron chi connectivity index (χ2n) is 4.16. The molecule has 2 atom stereocenters. The highest BCUT2D eigenvalue weighted by Gasteiger charge is 2.13. The smallest absolute Gasteiger partial charge is 0.00760 e. The third-order valence-corrected chi connectivity index (χ3v) is 2.93. The fourth-order valence-electron chi connectivity index (χ4n) is 1.88. The Labute approximate surface area is 76.0 Å². The molecule has 2 unspecified atom stereocenters. The van der Waals surface area contributed by atoms with E-state index < -0.39 is 0 Å². The summed E-state index contributed by atoms with van der Waals surface area (Å²) in [7, 11) is 0. The van der Waals surface area contributed by atoms with E-state index in [0.29, 0.717) is 12.0 Å². The maximum atomic E-state index is 5.97. The van der Waals surface area contributed by atoms with E-state index in [0.717, 1.165) is 6.42 Å². The maximum Gasteiger partial charge on any atom is 0.00760 e. The predicted octanol–water partition coefficient (Wildman–Crippen LogP) is 2.86. The molecular formula is C11H21N. The van der Waals surface area contributed by atoms with Gasteiger partial charge in [-0.2, -0.15) is 0 Å². The van der Waals surface area contributed by atoms with Gasteiger partial charge in [0.05, 0.1) is 0 Å². The van der Waals surface area contributed by atoms with E-state index in [1.54, 1.807) is 0 Å². The number of nitrogens with two attached hydrogens (primary N) is 1. The number of rotatable bonds is 0. The summed E-state index contributed by atoms with van der Waals surface area (Å²) in [5.74, 6) is 0.689. The quantitative estimate of drug-likeness (QED) is 0.552. The fraction of sp³-hybridized carbons (Fsp3) is 0.818. The van der Waals surface area contributed by atoms with E-state index in [4.69, 9.17) is 5.73 Å². The highest BCUT2D eigenvalue weighted by Crippen LogP contribution is 2.24. The van der Waals surface area contributed by atoms with Crippen LogP contribution in [0.5, 0.6) is 0 Å². The van der Waals surface area contributed by atoms with Gasteiger partial charge in [-0.05, 0) is 25.2 Å². The van der Waals surface area contributed by atoms with E-state index in [2.05, 4.69) is 13.5 Å². The van der Waals surface area contributed by atoms with Gasteiger partial charge in [-0.25, -0.2) is 0 Å². The van der Waals surface area contributed by atoms with E-state index in [1.165, 1.54) is 37.7 Å². The molecule has 0 aromatic carbocycles. The minimum atomic E-state index is 0.373. The Balaban J connectivity index is 2.46. The van der Waals surface area contributed by atoms with Gasteiger partial charge in [0.25, 0.3) is 0 Å². The van der Waals surface area contributed by atoms with E-state index in [9.17, 15) is 0 Å². The molecule has 0 aliphatic heterocycles. The Kier molecular flexibility index (Phi) is 3.80. The van der Waals surface area contributed by atoms with Crippen LogP contribution in [-0.4, -0.2) is 6.04 Å². The van der Waals surface area contributed by atoms with Crippen LogP contribution < -0.4 is 5.73 Å². The van der Waals surface area contributed by atoms with Crippen molar-refractivity contribution in [1.29, 1.82) is 0 Å². The van der Waals surface area contributed by atoms with Crippen molar-refractivity contribution in [1.82, 2.24) is 0 Å². The molecule has 1 nitrogen and oxygen atoms in total. The first-order valence-corrected chi connectivity index (χ1v) is 5.13. The minimum absolute atomic E-state index is 0.373. The lowest BCUT2D eigenvalue weighted by Gasteiger charge is -2.15. The van der Waals surface area contributed by atoms with Crippen LogP contribution >= 0.6 is 0 Å². The topological polar surface area (TPSA) is 26.0 Å². The summed E-state index contributed by atoms with van der Waals surface area (Å²) >= 11 is 0. The monoisotopic (exact) mass is 167 g/mol. The first kappa shape index (κ1) is 9.79. The minimum Gasteiger partial charge on any atom is -0.327 e. The van der Waals surface area contributed by atoms with E-state index in [-0.39, 0.29) is 0 Å². The molecule has 0 radical (unpaired) electrons. The van der Waals surface area contributed by atoms with Crippen LogP contribution in [0.1, 0.15) is 45.4 Å². The van der Waals surface area contributed by atoms with Crippen molar-refractivity contribution >= 4 is 0 Å². The molecule has 2 N–H and O–H groups in total. The Hall–Kier alpha value is -0.300. The molecule has 1 heteroatoms. The van der Waals surface area contributed by atoms with Crippen molar-refractivity contribution in [2.75, 3.05) is 0 Å². The van der Waals surface area contributed by atoms with Crippen LogP contribution in [0.4, 0.5) is 0 Å². The summed E-state index contributed by atoms with van der Waals surface area (Å²) in [6.45, 7) is 6.39. The summed E-state index contributed by atoms with van der Waals surface area (Å²) in [5, 5.41) is 0. The molecule has 1 rings (SSSR count). The lowest BCUT2D eigenvalue weighted by atomic mass is 9.93. The van der Waals surface area contributed by atoms with Gasteiger partial charge in [0.2, 0.25) is 0 Å². The average Bonchev–Trinajstić information content (AvgIpc) is 2.07. The normalized spacial score (nSPS) is 33.7. The molecule has 1 fully saturated rings. The van der Waals surface area contributed by atoms with Gasteiger partial charge in [0.15, 0.2) is 0 Å². The number of hydrogen-bond acceptors (Lipinski definition) is 1. The summed E-state index contributed by atoms with van der Waals surface area (Å²) in [4.78, 5) is 0. The SMILES string of the molecule is C=C1CC(N)CCCCCC1C. The van der Waals surface area contributed by atoms with Gasteiger partial charge >= 0.3 is 0 Å². The van der Waals surface area contributed by atoms with Gasteiger partial charge in [0.1, 0.15) is 0 Å². The third-order valence-electron chi connectivity index (χ3n) is 2.93. The summed E-state index contributed by atoms with van der Waals surface area (Å²) in [5.41, 5.74) is 7.33. The molecule has 12 heavy (non-hydrogen) atoms. The zero-order valence-electron chi connectivity index (χ0n) is 8.18.